The molecule has 0 aromatic heterocycles. The molecule has 114 valence electrons. The van der Waals surface area contributed by atoms with Crippen LogP contribution in [0.5, 0.6) is 0 Å². The zero-order chi connectivity index (χ0) is 15.4. The third-order valence-corrected chi connectivity index (χ3v) is 4.15. The summed E-state index contributed by atoms with van der Waals surface area (Å²) in [4.78, 5) is 25.2. The molecule has 0 bridgehead atoms. The molecular weight excluding hydrogens is 273 g/mol. The molecule has 2 rings (SSSR count). The number of carbonyl (C=O) groups is 2. The number of hydrogen-bond donors (Lipinski definition) is 1. The summed E-state index contributed by atoms with van der Waals surface area (Å²) >= 11 is 0. The van der Waals surface area contributed by atoms with Gasteiger partial charge in [0.15, 0.2) is 5.78 Å². The first-order chi connectivity index (χ1) is 9.97. The second-order valence-corrected chi connectivity index (χ2v) is 5.63. The van der Waals surface area contributed by atoms with E-state index in [0.717, 1.165) is 0 Å². The van der Waals surface area contributed by atoms with Crippen LogP contribution in [0.4, 0.5) is 4.39 Å². The molecule has 1 aromatic carbocycles. The van der Waals surface area contributed by atoms with Crippen molar-refractivity contribution in [3.05, 3.63) is 35.6 Å². The lowest BCUT2D eigenvalue weighted by atomic mass is 9.95. The van der Waals surface area contributed by atoms with Gasteiger partial charge in [0.05, 0.1) is 5.92 Å². The number of halogens is 1. The van der Waals surface area contributed by atoms with E-state index in [1.54, 1.807) is 0 Å². The molecule has 1 unspecified atom stereocenters. The first kappa shape index (κ1) is 15.6. The lowest BCUT2D eigenvalue weighted by Gasteiger charge is -2.34. The van der Waals surface area contributed by atoms with Crippen molar-refractivity contribution in [3.8, 4) is 0 Å². The Morgan fingerprint density at radius 2 is 1.86 bits per heavy atom. The first-order valence-corrected chi connectivity index (χ1v) is 7.23. The minimum atomic E-state index is -0.732. The Morgan fingerprint density at radius 1 is 1.29 bits per heavy atom. The van der Waals surface area contributed by atoms with E-state index >= 15 is 0 Å². The van der Waals surface area contributed by atoms with Crippen LogP contribution in [-0.2, 0) is 4.79 Å². The van der Waals surface area contributed by atoms with E-state index in [1.165, 1.54) is 24.3 Å². The van der Waals surface area contributed by atoms with Crippen LogP contribution in [0.3, 0.4) is 0 Å². The molecule has 21 heavy (non-hydrogen) atoms. The summed E-state index contributed by atoms with van der Waals surface area (Å²) in [5.41, 5.74) is 0.517. The number of aliphatic carboxylic acids is 1. The zero-order valence-corrected chi connectivity index (χ0v) is 12.1. The Bertz CT molecular complexity index is 507. The Hall–Kier alpha value is -1.75. The fraction of sp³-hybridized carbons (Fsp3) is 0.500. The lowest BCUT2D eigenvalue weighted by Crippen LogP contribution is -2.42. The van der Waals surface area contributed by atoms with Gasteiger partial charge in [-0.25, -0.2) is 4.39 Å². The minimum Gasteiger partial charge on any atom is -0.481 e. The van der Waals surface area contributed by atoms with Gasteiger partial charge in [-0.3, -0.25) is 9.59 Å². The minimum absolute atomic E-state index is 0.0112. The predicted molar refractivity (Wildman–Crippen MR) is 76.7 cm³/mol. The average molecular weight is 293 g/mol. The summed E-state index contributed by atoms with van der Waals surface area (Å²) in [6, 6.07) is 5.64. The molecule has 4 nitrogen and oxygen atoms in total. The number of carboxylic acid groups (broad SMARTS) is 1. The molecule has 1 heterocycles. The monoisotopic (exact) mass is 293 g/mol. The third kappa shape index (κ3) is 4.11. The van der Waals surface area contributed by atoms with E-state index in [0.29, 0.717) is 37.9 Å². The standard InChI is InChI=1S/C16H20FNO3/c1-11(18-8-6-13(7-9-18)16(20)21)10-15(19)12-2-4-14(17)5-3-12/h2-5,11,13H,6-10H2,1H3,(H,20,21). The number of hydrogen-bond acceptors (Lipinski definition) is 3. The highest BCUT2D eigenvalue weighted by Crippen LogP contribution is 2.21. The Kier molecular flexibility index (Phi) is 5.07. The molecule has 0 aliphatic carbocycles. The molecule has 0 spiro atoms. The van der Waals surface area contributed by atoms with Crippen LogP contribution in [0.1, 0.15) is 36.5 Å². The highest BCUT2D eigenvalue weighted by atomic mass is 19.1. The van der Waals surface area contributed by atoms with Gasteiger partial charge in [-0.2, -0.15) is 0 Å². The van der Waals surface area contributed by atoms with Crippen LogP contribution in [-0.4, -0.2) is 40.9 Å². The van der Waals surface area contributed by atoms with Crippen LogP contribution < -0.4 is 0 Å². The van der Waals surface area contributed by atoms with Crippen LogP contribution in [0.15, 0.2) is 24.3 Å². The Morgan fingerprint density at radius 3 is 2.38 bits per heavy atom. The predicted octanol–water partition coefficient (Wildman–Crippen LogP) is 2.58. The van der Waals surface area contributed by atoms with Crippen molar-refractivity contribution in [3.63, 3.8) is 0 Å². The van der Waals surface area contributed by atoms with Gasteiger partial charge in [-0.05, 0) is 57.1 Å². The van der Waals surface area contributed by atoms with Gasteiger partial charge in [0.2, 0.25) is 0 Å². The van der Waals surface area contributed by atoms with Gasteiger partial charge in [-0.15, -0.1) is 0 Å². The zero-order valence-electron chi connectivity index (χ0n) is 12.1. The number of carboxylic acids is 1. The maximum Gasteiger partial charge on any atom is 0.306 e. The molecule has 1 aromatic rings. The number of piperidine rings is 1. The topological polar surface area (TPSA) is 57.6 Å². The molecule has 1 N–H and O–H groups in total. The summed E-state index contributed by atoms with van der Waals surface area (Å²) < 4.78 is 12.8. The van der Waals surface area contributed by atoms with E-state index in [1.807, 2.05) is 6.92 Å². The molecule has 0 saturated carbocycles. The third-order valence-electron chi connectivity index (χ3n) is 4.15. The van der Waals surface area contributed by atoms with E-state index in [2.05, 4.69) is 4.90 Å². The molecule has 1 aliphatic heterocycles. The molecule has 1 fully saturated rings. The molecule has 1 atom stereocenters. The molecule has 1 aliphatic rings. The second-order valence-electron chi connectivity index (χ2n) is 5.63. The van der Waals surface area contributed by atoms with Crippen LogP contribution >= 0.6 is 0 Å². The van der Waals surface area contributed by atoms with Crippen molar-refractivity contribution in [2.24, 2.45) is 5.92 Å². The number of ketones is 1. The van der Waals surface area contributed by atoms with Crippen molar-refractivity contribution in [1.29, 1.82) is 0 Å². The highest BCUT2D eigenvalue weighted by molar-refractivity contribution is 5.96. The summed E-state index contributed by atoms with van der Waals surface area (Å²) in [6.45, 7) is 3.38. The summed E-state index contributed by atoms with van der Waals surface area (Å²) in [6.07, 6.45) is 1.62. The van der Waals surface area contributed by atoms with E-state index in [9.17, 15) is 14.0 Å². The fourth-order valence-corrected chi connectivity index (χ4v) is 2.74. The van der Waals surface area contributed by atoms with E-state index in [-0.39, 0.29) is 23.6 Å². The van der Waals surface area contributed by atoms with Crippen LogP contribution in [0.25, 0.3) is 0 Å². The molecule has 0 amide bonds. The van der Waals surface area contributed by atoms with Gasteiger partial charge in [0.25, 0.3) is 0 Å². The molecule has 5 heteroatoms. The largest absolute Gasteiger partial charge is 0.481 e. The van der Waals surface area contributed by atoms with Crippen molar-refractivity contribution in [1.82, 2.24) is 4.90 Å². The summed E-state index contributed by atoms with van der Waals surface area (Å²) in [5, 5.41) is 8.98. The summed E-state index contributed by atoms with van der Waals surface area (Å²) in [5.74, 6) is -1.36. The Balaban J connectivity index is 1.87. The maximum atomic E-state index is 12.8. The van der Waals surface area contributed by atoms with Gasteiger partial charge in [0, 0.05) is 18.0 Å². The van der Waals surface area contributed by atoms with Gasteiger partial charge in [-0.1, -0.05) is 0 Å². The Labute approximate surface area is 123 Å². The van der Waals surface area contributed by atoms with Crippen molar-refractivity contribution in [2.45, 2.75) is 32.2 Å². The molecule has 1 saturated heterocycles. The fourth-order valence-electron chi connectivity index (χ4n) is 2.74. The van der Waals surface area contributed by atoms with Crippen LogP contribution in [0, 0.1) is 11.7 Å². The summed E-state index contributed by atoms with van der Waals surface area (Å²) in [7, 11) is 0. The normalized spacial score (nSPS) is 18.4. The maximum absolute atomic E-state index is 12.8. The average Bonchev–Trinajstić information content (AvgIpc) is 2.47. The van der Waals surface area contributed by atoms with Crippen molar-refractivity contribution >= 4 is 11.8 Å². The number of Topliss-reactive ketones (excluding diaryl/α,β-unsaturated/α-hetero) is 1. The smallest absolute Gasteiger partial charge is 0.306 e. The number of benzene rings is 1. The highest BCUT2D eigenvalue weighted by Gasteiger charge is 2.27. The lowest BCUT2D eigenvalue weighted by molar-refractivity contribution is -0.143. The second kappa shape index (κ2) is 6.80. The van der Waals surface area contributed by atoms with Crippen LogP contribution in [0.2, 0.25) is 0 Å². The SMILES string of the molecule is CC(CC(=O)c1ccc(F)cc1)N1CCC(C(=O)O)CC1. The van der Waals surface area contributed by atoms with E-state index in [4.69, 9.17) is 5.11 Å². The number of rotatable bonds is 5. The molecule has 0 radical (unpaired) electrons. The van der Waals surface area contributed by atoms with E-state index < -0.39 is 5.97 Å². The van der Waals surface area contributed by atoms with Crippen molar-refractivity contribution in [2.75, 3.05) is 13.1 Å². The van der Waals surface area contributed by atoms with Gasteiger partial charge >= 0.3 is 5.97 Å². The number of carbonyl (C=O) groups excluding carboxylic acids is 1. The first-order valence-electron chi connectivity index (χ1n) is 7.23. The number of likely N-dealkylation sites (tertiary alicyclic amines) is 1. The van der Waals surface area contributed by atoms with Crippen molar-refractivity contribution < 1.29 is 19.1 Å². The van der Waals surface area contributed by atoms with Gasteiger partial charge < -0.3 is 10.0 Å². The molecular formula is C16H20FNO3. The number of nitrogens with zero attached hydrogens (tertiary/aromatic N) is 1. The quantitative estimate of drug-likeness (QED) is 0.848. The van der Waals surface area contributed by atoms with Gasteiger partial charge in [0.1, 0.15) is 5.82 Å².